The summed E-state index contributed by atoms with van der Waals surface area (Å²) in [5, 5.41) is 5.14. The molecule has 8 nitrogen and oxygen atoms in total. The minimum Gasteiger partial charge on any atom is -0.481 e. The minimum absolute atomic E-state index is 0.0398. The van der Waals surface area contributed by atoms with Gasteiger partial charge in [0, 0.05) is 5.56 Å². The number of benzene rings is 2. The Hall–Kier alpha value is -2.91. The van der Waals surface area contributed by atoms with Gasteiger partial charge in [-0.2, -0.15) is 0 Å². The molecular formula is C19H23N3O5S. The molecule has 150 valence electrons. The van der Waals surface area contributed by atoms with Crippen LogP contribution in [0.15, 0.2) is 41.3 Å². The van der Waals surface area contributed by atoms with Crippen molar-refractivity contribution < 1.29 is 22.7 Å². The zero-order chi connectivity index (χ0) is 21.1. The van der Waals surface area contributed by atoms with Crippen molar-refractivity contribution in [2.45, 2.75) is 38.7 Å². The van der Waals surface area contributed by atoms with E-state index < -0.39 is 27.9 Å². The Kier molecular flexibility index (Phi) is 6.42. The highest BCUT2D eigenvalue weighted by Gasteiger charge is 2.19. The fourth-order valence-electron chi connectivity index (χ4n) is 2.44. The first kappa shape index (κ1) is 21.4. The van der Waals surface area contributed by atoms with Gasteiger partial charge in [-0.25, -0.2) is 13.6 Å². The third kappa shape index (κ3) is 5.08. The third-order valence-electron chi connectivity index (χ3n) is 4.28. The van der Waals surface area contributed by atoms with Gasteiger partial charge in [0.25, 0.3) is 11.8 Å². The van der Waals surface area contributed by atoms with E-state index in [0.29, 0.717) is 11.3 Å². The SMILES string of the molecule is Cc1ccc(C(=O)NNC(=O)[C@@H](C)Oc2cccc(C)c2C)cc1S(N)(=O)=O. The Morgan fingerprint density at radius 2 is 1.71 bits per heavy atom. The number of nitrogens with two attached hydrogens (primary N) is 1. The molecule has 1 atom stereocenters. The molecule has 0 radical (unpaired) electrons. The number of carbonyl (C=O) groups excluding carboxylic acids is 2. The molecule has 0 unspecified atom stereocenters. The molecule has 2 rings (SSSR count). The Labute approximate surface area is 164 Å². The summed E-state index contributed by atoms with van der Waals surface area (Å²) in [5.74, 6) is -0.671. The number of carbonyl (C=O) groups is 2. The van der Waals surface area contributed by atoms with Crippen LogP contribution in [0.4, 0.5) is 0 Å². The van der Waals surface area contributed by atoms with Gasteiger partial charge in [-0.3, -0.25) is 20.4 Å². The van der Waals surface area contributed by atoms with Crippen LogP contribution in [0, 0.1) is 20.8 Å². The van der Waals surface area contributed by atoms with Gasteiger partial charge in [-0.15, -0.1) is 0 Å². The lowest BCUT2D eigenvalue weighted by molar-refractivity contribution is -0.128. The molecule has 0 aliphatic heterocycles. The first-order valence-corrected chi connectivity index (χ1v) is 10.0. The Bertz CT molecular complexity index is 1020. The first-order valence-electron chi connectivity index (χ1n) is 8.47. The van der Waals surface area contributed by atoms with Gasteiger partial charge in [-0.1, -0.05) is 18.2 Å². The van der Waals surface area contributed by atoms with Gasteiger partial charge in [0.15, 0.2) is 6.10 Å². The van der Waals surface area contributed by atoms with Gasteiger partial charge in [0.05, 0.1) is 4.90 Å². The molecule has 0 saturated carbocycles. The number of ether oxygens (including phenoxy) is 1. The van der Waals surface area contributed by atoms with Crippen LogP contribution in [-0.4, -0.2) is 26.3 Å². The monoisotopic (exact) mass is 405 g/mol. The predicted molar refractivity (Wildman–Crippen MR) is 104 cm³/mol. The summed E-state index contributed by atoms with van der Waals surface area (Å²) in [6, 6.07) is 9.56. The molecule has 0 aliphatic carbocycles. The molecule has 0 aliphatic rings. The number of amides is 2. The Morgan fingerprint density at radius 1 is 1.04 bits per heavy atom. The molecular weight excluding hydrogens is 382 g/mol. The summed E-state index contributed by atoms with van der Waals surface area (Å²) in [7, 11) is -3.96. The molecule has 0 heterocycles. The van der Waals surface area contributed by atoms with E-state index >= 15 is 0 Å². The van der Waals surface area contributed by atoms with Crippen LogP contribution in [0.3, 0.4) is 0 Å². The summed E-state index contributed by atoms with van der Waals surface area (Å²) >= 11 is 0. The first-order chi connectivity index (χ1) is 13.0. The normalized spacial score (nSPS) is 12.2. The van der Waals surface area contributed by atoms with Gasteiger partial charge in [-0.05, 0) is 62.6 Å². The molecule has 0 saturated heterocycles. The lowest BCUT2D eigenvalue weighted by Crippen LogP contribution is -2.47. The average molecular weight is 405 g/mol. The molecule has 2 aromatic rings. The Morgan fingerprint density at radius 3 is 2.36 bits per heavy atom. The number of hydrogen-bond donors (Lipinski definition) is 3. The maximum atomic E-state index is 12.2. The highest BCUT2D eigenvalue weighted by molar-refractivity contribution is 7.89. The molecule has 0 aromatic heterocycles. The number of sulfonamides is 1. The van der Waals surface area contributed by atoms with Crippen molar-refractivity contribution in [1.29, 1.82) is 0 Å². The maximum absolute atomic E-state index is 12.2. The van der Waals surface area contributed by atoms with Crippen molar-refractivity contribution in [3.63, 3.8) is 0 Å². The summed E-state index contributed by atoms with van der Waals surface area (Å²) < 4.78 is 28.8. The molecule has 28 heavy (non-hydrogen) atoms. The molecule has 0 spiro atoms. The topological polar surface area (TPSA) is 128 Å². The number of rotatable bonds is 5. The van der Waals surface area contributed by atoms with E-state index in [0.717, 1.165) is 17.2 Å². The van der Waals surface area contributed by atoms with E-state index in [1.807, 2.05) is 26.0 Å². The van der Waals surface area contributed by atoms with E-state index in [9.17, 15) is 18.0 Å². The second-order valence-electron chi connectivity index (χ2n) is 6.43. The second-order valence-corrected chi connectivity index (χ2v) is 7.96. The summed E-state index contributed by atoms with van der Waals surface area (Å²) in [6.07, 6.45) is -0.862. The fourth-order valence-corrected chi connectivity index (χ4v) is 3.24. The average Bonchev–Trinajstić information content (AvgIpc) is 2.62. The second kappa shape index (κ2) is 8.41. The summed E-state index contributed by atoms with van der Waals surface area (Å²) in [4.78, 5) is 24.3. The van der Waals surface area contributed by atoms with E-state index in [4.69, 9.17) is 9.88 Å². The lowest BCUT2D eigenvalue weighted by atomic mass is 10.1. The molecule has 0 fully saturated rings. The summed E-state index contributed by atoms with van der Waals surface area (Å²) in [5.41, 5.74) is 6.90. The zero-order valence-corrected chi connectivity index (χ0v) is 16.9. The van der Waals surface area contributed by atoms with E-state index in [1.54, 1.807) is 19.9 Å². The molecule has 0 bridgehead atoms. The number of nitrogens with one attached hydrogen (secondary N) is 2. The zero-order valence-electron chi connectivity index (χ0n) is 16.1. The predicted octanol–water partition coefficient (Wildman–Crippen LogP) is 1.49. The largest absolute Gasteiger partial charge is 0.481 e. The van der Waals surface area contributed by atoms with Crippen molar-refractivity contribution in [1.82, 2.24) is 10.9 Å². The van der Waals surface area contributed by atoms with Crippen LogP contribution in [0.5, 0.6) is 5.75 Å². The molecule has 9 heteroatoms. The third-order valence-corrected chi connectivity index (χ3v) is 5.34. The minimum atomic E-state index is -3.96. The smallest absolute Gasteiger partial charge is 0.279 e. The van der Waals surface area contributed by atoms with E-state index in [1.165, 1.54) is 12.1 Å². The van der Waals surface area contributed by atoms with Crippen molar-refractivity contribution in [2.24, 2.45) is 5.14 Å². The number of hydrazine groups is 1. The van der Waals surface area contributed by atoms with Crippen molar-refractivity contribution in [2.75, 3.05) is 0 Å². The lowest BCUT2D eigenvalue weighted by Gasteiger charge is -2.17. The quantitative estimate of drug-likeness (QED) is 0.650. The van der Waals surface area contributed by atoms with Crippen LogP contribution in [0.2, 0.25) is 0 Å². The van der Waals surface area contributed by atoms with Crippen LogP contribution in [0.25, 0.3) is 0 Å². The van der Waals surface area contributed by atoms with Crippen LogP contribution in [-0.2, 0) is 14.8 Å². The van der Waals surface area contributed by atoms with Gasteiger partial charge in [0.2, 0.25) is 10.0 Å². The van der Waals surface area contributed by atoms with Gasteiger partial charge < -0.3 is 4.74 Å². The van der Waals surface area contributed by atoms with Crippen LogP contribution >= 0.6 is 0 Å². The van der Waals surface area contributed by atoms with Crippen molar-refractivity contribution in [3.05, 3.63) is 58.7 Å². The molecule has 4 N–H and O–H groups in total. The maximum Gasteiger partial charge on any atom is 0.279 e. The van der Waals surface area contributed by atoms with Crippen LogP contribution < -0.4 is 20.7 Å². The van der Waals surface area contributed by atoms with Crippen LogP contribution in [0.1, 0.15) is 34.0 Å². The van der Waals surface area contributed by atoms with E-state index in [-0.39, 0.29) is 10.5 Å². The fraction of sp³-hybridized carbons (Fsp3) is 0.263. The Balaban J connectivity index is 2.02. The molecule has 2 aromatic carbocycles. The van der Waals surface area contributed by atoms with Gasteiger partial charge in [0.1, 0.15) is 5.75 Å². The number of primary sulfonamides is 1. The van der Waals surface area contributed by atoms with Crippen molar-refractivity contribution >= 4 is 21.8 Å². The van der Waals surface area contributed by atoms with Gasteiger partial charge >= 0.3 is 0 Å². The highest BCUT2D eigenvalue weighted by atomic mass is 32.2. The highest BCUT2D eigenvalue weighted by Crippen LogP contribution is 2.21. The number of hydrogen-bond acceptors (Lipinski definition) is 5. The van der Waals surface area contributed by atoms with Crippen molar-refractivity contribution in [3.8, 4) is 5.75 Å². The van der Waals surface area contributed by atoms with E-state index in [2.05, 4.69) is 10.9 Å². The number of aryl methyl sites for hydroxylation is 2. The summed E-state index contributed by atoms with van der Waals surface area (Å²) in [6.45, 7) is 6.94. The molecule has 2 amide bonds. The standard InChI is InChI=1S/C19H23N3O5S/c1-11-6-5-7-16(13(11)3)27-14(4)18(23)21-22-19(24)15-9-8-12(2)17(10-15)28(20,25)26/h5-10,14H,1-4H3,(H,21,23)(H,22,24)(H2,20,25,26)/t14-/m1/s1.